The molecule has 4 heteroatoms. The van der Waals surface area contributed by atoms with Crippen LogP contribution in [0.25, 0.3) is 0 Å². The molecule has 2 aromatic carbocycles. The van der Waals surface area contributed by atoms with E-state index >= 15 is 0 Å². The molecular weight excluding hydrogens is 280 g/mol. The predicted octanol–water partition coefficient (Wildman–Crippen LogP) is 3.16. The fraction of sp³-hybridized carbons (Fsp3) is 0.333. The smallest absolute Gasteiger partial charge is 0.161 e. The fourth-order valence-electron chi connectivity index (χ4n) is 2.58. The van der Waals surface area contributed by atoms with Crippen molar-refractivity contribution >= 4 is 0 Å². The zero-order valence-electron chi connectivity index (χ0n) is 12.6. The number of benzene rings is 2. The van der Waals surface area contributed by atoms with Crippen LogP contribution in [0.15, 0.2) is 42.5 Å². The molecule has 2 aromatic rings. The summed E-state index contributed by atoms with van der Waals surface area (Å²) in [4.78, 5) is 0. The van der Waals surface area contributed by atoms with Crippen molar-refractivity contribution in [3.8, 4) is 17.2 Å². The molecule has 1 heterocycles. The lowest BCUT2D eigenvalue weighted by molar-refractivity contribution is 0.141. The first-order valence-electron chi connectivity index (χ1n) is 7.44. The van der Waals surface area contributed by atoms with E-state index in [0.717, 1.165) is 29.9 Å². The predicted molar refractivity (Wildman–Crippen MR) is 83.8 cm³/mol. The lowest BCUT2D eigenvalue weighted by Crippen LogP contribution is -2.15. The summed E-state index contributed by atoms with van der Waals surface area (Å²) in [5.74, 6) is 1.56. The van der Waals surface area contributed by atoms with Gasteiger partial charge in [-0.15, -0.1) is 0 Å². The number of aromatic hydroxyl groups is 1. The van der Waals surface area contributed by atoms with Gasteiger partial charge in [0.15, 0.2) is 11.5 Å². The molecule has 1 saturated heterocycles. The molecule has 3 rings (SSSR count). The Morgan fingerprint density at radius 1 is 1.18 bits per heavy atom. The topological polar surface area (TPSA) is 47.9 Å². The van der Waals surface area contributed by atoms with Gasteiger partial charge in [-0.25, -0.2) is 0 Å². The Balaban J connectivity index is 1.68. The number of hydrogen-bond acceptors (Lipinski definition) is 4. The monoisotopic (exact) mass is 300 g/mol. The second kappa shape index (κ2) is 6.71. The van der Waals surface area contributed by atoms with E-state index in [-0.39, 0.29) is 11.9 Å². The van der Waals surface area contributed by atoms with Crippen molar-refractivity contribution in [1.82, 2.24) is 0 Å². The van der Waals surface area contributed by atoms with Gasteiger partial charge in [-0.2, -0.15) is 0 Å². The molecule has 0 spiro atoms. The van der Waals surface area contributed by atoms with Crippen LogP contribution in [-0.4, -0.2) is 31.5 Å². The van der Waals surface area contributed by atoms with Crippen LogP contribution in [-0.2, 0) is 11.2 Å². The lowest BCUT2D eigenvalue weighted by Gasteiger charge is -2.12. The van der Waals surface area contributed by atoms with Gasteiger partial charge in [0.1, 0.15) is 11.9 Å². The van der Waals surface area contributed by atoms with Gasteiger partial charge < -0.3 is 19.3 Å². The van der Waals surface area contributed by atoms with E-state index in [4.69, 9.17) is 14.2 Å². The highest BCUT2D eigenvalue weighted by Gasteiger charge is 2.17. The van der Waals surface area contributed by atoms with E-state index in [0.29, 0.717) is 18.8 Å². The number of hydrogen-bond donors (Lipinski definition) is 1. The molecular formula is C18H20O4. The average Bonchev–Trinajstić information content (AvgIpc) is 3.04. The summed E-state index contributed by atoms with van der Waals surface area (Å²) < 4.78 is 16.3. The molecule has 0 unspecified atom stereocenters. The molecule has 0 aromatic heterocycles. The van der Waals surface area contributed by atoms with Gasteiger partial charge >= 0.3 is 0 Å². The third kappa shape index (κ3) is 3.34. The van der Waals surface area contributed by atoms with Gasteiger partial charge in [-0.1, -0.05) is 24.3 Å². The maximum atomic E-state index is 10.1. The first-order valence-corrected chi connectivity index (χ1v) is 7.44. The first kappa shape index (κ1) is 14.7. The third-order valence-corrected chi connectivity index (χ3v) is 3.81. The third-order valence-electron chi connectivity index (χ3n) is 3.81. The standard InChI is InChI=1S/C18H20O4/c1-20-17-4-2-3-14(18(17)19)11-13-5-7-15(8-6-13)22-16-9-10-21-12-16/h2-8,16,19H,9-12H2,1H3/t16-/m1/s1. The number of para-hydroxylation sites is 1. The Morgan fingerprint density at radius 2 is 2.00 bits per heavy atom. The van der Waals surface area contributed by atoms with Crippen LogP contribution in [0.2, 0.25) is 0 Å². The van der Waals surface area contributed by atoms with Crippen molar-refractivity contribution in [1.29, 1.82) is 0 Å². The van der Waals surface area contributed by atoms with Crippen LogP contribution in [0.1, 0.15) is 17.5 Å². The minimum absolute atomic E-state index is 0.160. The Hall–Kier alpha value is -2.20. The Labute approximate surface area is 130 Å². The summed E-state index contributed by atoms with van der Waals surface area (Å²) in [6.45, 7) is 1.44. The Morgan fingerprint density at radius 3 is 2.68 bits per heavy atom. The number of ether oxygens (including phenoxy) is 3. The van der Waals surface area contributed by atoms with Crippen LogP contribution in [0, 0.1) is 0 Å². The van der Waals surface area contributed by atoms with E-state index in [1.807, 2.05) is 36.4 Å². The van der Waals surface area contributed by atoms with Crippen molar-refractivity contribution in [2.75, 3.05) is 20.3 Å². The normalized spacial score (nSPS) is 17.4. The number of rotatable bonds is 5. The first-order chi connectivity index (χ1) is 10.8. The minimum atomic E-state index is 0.160. The highest BCUT2D eigenvalue weighted by molar-refractivity contribution is 5.47. The number of phenolic OH excluding ortho intramolecular Hbond substituents is 1. The molecule has 0 bridgehead atoms. The average molecular weight is 300 g/mol. The van der Waals surface area contributed by atoms with E-state index in [9.17, 15) is 5.11 Å². The van der Waals surface area contributed by atoms with Crippen molar-refractivity contribution < 1.29 is 19.3 Å². The van der Waals surface area contributed by atoms with E-state index in [2.05, 4.69) is 0 Å². The van der Waals surface area contributed by atoms with Gasteiger partial charge in [-0.3, -0.25) is 0 Å². The molecule has 1 aliphatic heterocycles. The van der Waals surface area contributed by atoms with Gasteiger partial charge in [0.05, 0.1) is 20.3 Å². The van der Waals surface area contributed by atoms with Crippen molar-refractivity contribution in [2.24, 2.45) is 0 Å². The quantitative estimate of drug-likeness (QED) is 0.921. The second-order valence-electron chi connectivity index (χ2n) is 5.39. The molecule has 1 aliphatic rings. The molecule has 4 nitrogen and oxygen atoms in total. The number of phenols is 1. The Bertz CT molecular complexity index is 615. The lowest BCUT2D eigenvalue weighted by atomic mass is 10.0. The van der Waals surface area contributed by atoms with Crippen molar-refractivity contribution in [3.05, 3.63) is 53.6 Å². The van der Waals surface area contributed by atoms with Gasteiger partial charge in [-0.05, 0) is 23.8 Å². The van der Waals surface area contributed by atoms with Crippen LogP contribution < -0.4 is 9.47 Å². The zero-order chi connectivity index (χ0) is 15.4. The highest BCUT2D eigenvalue weighted by atomic mass is 16.5. The molecule has 0 aliphatic carbocycles. The van der Waals surface area contributed by atoms with Crippen molar-refractivity contribution in [3.63, 3.8) is 0 Å². The molecule has 0 amide bonds. The molecule has 116 valence electrons. The fourth-order valence-corrected chi connectivity index (χ4v) is 2.58. The van der Waals surface area contributed by atoms with Crippen LogP contribution >= 0.6 is 0 Å². The molecule has 1 fully saturated rings. The Kier molecular flexibility index (Phi) is 4.49. The highest BCUT2D eigenvalue weighted by Crippen LogP contribution is 2.31. The van der Waals surface area contributed by atoms with Crippen molar-refractivity contribution in [2.45, 2.75) is 18.9 Å². The summed E-state index contributed by atoms with van der Waals surface area (Å²) in [5, 5.41) is 10.1. The molecule has 22 heavy (non-hydrogen) atoms. The molecule has 1 N–H and O–H groups in total. The summed E-state index contributed by atoms with van der Waals surface area (Å²) in [6, 6.07) is 13.5. The largest absolute Gasteiger partial charge is 0.504 e. The maximum absolute atomic E-state index is 10.1. The molecule has 0 radical (unpaired) electrons. The van der Waals surface area contributed by atoms with Crippen LogP contribution in [0.4, 0.5) is 0 Å². The van der Waals surface area contributed by atoms with Gasteiger partial charge in [0, 0.05) is 18.4 Å². The number of methoxy groups -OCH3 is 1. The minimum Gasteiger partial charge on any atom is -0.504 e. The van der Waals surface area contributed by atoms with E-state index in [1.54, 1.807) is 13.2 Å². The summed E-state index contributed by atoms with van der Waals surface area (Å²) in [6.07, 6.45) is 1.75. The van der Waals surface area contributed by atoms with Gasteiger partial charge in [0.2, 0.25) is 0 Å². The molecule has 1 atom stereocenters. The van der Waals surface area contributed by atoms with E-state index < -0.39 is 0 Å². The second-order valence-corrected chi connectivity index (χ2v) is 5.39. The summed E-state index contributed by atoms with van der Waals surface area (Å²) in [5.41, 5.74) is 1.95. The van der Waals surface area contributed by atoms with Crippen LogP contribution in [0.3, 0.4) is 0 Å². The summed E-state index contributed by atoms with van der Waals surface area (Å²) in [7, 11) is 1.55. The maximum Gasteiger partial charge on any atom is 0.161 e. The molecule has 0 saturated carbocycles. The summed E-state index contributed by atoms with van der Waals surface area (Å²) >= 11 is 0. The zero-order valence-corrected chi connectivity index (χ0v) is 12.6. The van der Waals surface area contributed by atoms with Crippen LogP contribution in [0.5, 0.6) is 17.2 Å². The SMILES string of the molecule is COc1cccc(Cc2ccc(O[C@@H]3CCOC3)cc2)c1O. The van der Waals surface area contributed by atoms with Gasteiger partial charge in [0.25, 0.3) is 0 Å². The van der Waals surface area contributed by atoms with E-state index in [1.165, 1.54) is 0 Å².